The Kier molecular flexibility index (Phi) is 3.92. The summed E-state index contributed by atoms with van der Waals surface area (Å²) in [7, 11) is 0. The van der Waals surface area contributed by atoms with Gasteiger partial charge in [-0.2, -0.15) is 0 Å². The Hall–Kier alpha value is -1.06. The highest BCUT2D eigenvalue weighted by atomic mass is 16.2. The second kappa shape index (κ2) is 4.98. The van der Waals surface area contributed by atoms with E-state index in [-0.39, 0.29) is 18.4 Å². The SMILES string of the molecule is CCC(=O)NCC(=O)N1CCC(C)C1. The van der Waals surface area contributed by atoms with Crippen LogP contribution in [-0.2, 0) is 9.59 Å². The summed E-state index contributed by atoms with van der Waals surface area (Å²) in [6.07, 6.45) is 1.51. The Balaban J connectivity index is 2.25. The van der Waals surface area contributed by atoms with Gasteiger partial charge in [-0.25, -0.2) is 0 Å². The van der Waals surface area contributed by atoms with E-state index in [0.717, 1.165) is 19.5 Å². The van der Waals surface area contributed by atoms with E-state index in [2.05, 4.69) is 12.2 Å². The molecule has 4 heteroatoms. The standard InChI is InChI=1S/C10H18N2O2/c1-3-9(13)11-6-10(14)12-5-4-8(2)7-12/h8H,3-7H2,1-2H3,(H,11,13). The van der Waals surface area contributed by atoms with Gasteiger partial charge in [-0.1, -0.05) is 13.8 Å². The van der Waals surface area contributed by atoms with Crippen LogP contribution >= 0.6 is 0 Å². The average Bonchev–Trinajstić information content (AvgIpc) is 2.60. The molecule has 0 bridgehead atoms. The van der Waals surface area contributed by atoms with Gasteiger partial charge in [0.05, 0.1) is 6.54 Å². The summed E-state index contributed by atoms with van der Waals surface area (Å²) in [5, 5.41) is 2.59. The molecule has 1 N–H and O–H groups in total. The van der Waals surface area contributed by atoms with Gasteiger partial charge in [0.1, 0.15) is 0 Å². The zero-order valence-electron chi connectivity index (χ0n) is 8.88. The molecular formula is C10H18N2O2. The maximum atomic E-state index is 11.5. The van der Waals surface area contributed by atoms with Crippen molar-refractivity contribution >= 4 is 11.8 Å². The molecule has 14 heavy (non-hydrogen) atoms. The first kappa shape index (κ1) is 11.0. The summed E-state index contributed by atoms with van der Waals surface area (Å²) < 4.78 is 0. The van der Waals surface area contributed by atoms with Crippen molar-refractivity contribution in [2.45, 2.75) is 26.7 Å². The lowest BCUT2D eigenvalue weighted by Crippen LogP contribution is -2.38. The van der Waals surface area contributed by atoms with Crippen molar-refractivity contribution in [3.63, 3.8) is 0 Å². The van der Waals surface area contributed by atoms with Crippen LogP contribution in [0.1, 0.15) is 26.7 Å². The number of carbonyl (C=O) groups excluding carboxylic acids is 2. The lowest BCUT2D eigenvalue weighted by Gasteiger charge is -2.15. The van der Waals surface area contributed by atoms with E-state index >= 15 is 0 Å². The van der Waals surface area contributed by atoms with Crippen molar-refractivity contribution in [3.8, 4) is 0 Å². The molecule has 0 radical (unpaired) electrons. The van der Waals surface area contributed by atoms with Gasteiger partial charge in [-0.15, -0.1) is 0 Å². The molecule has 4 nitrogen and oxygen atoms in total. The van der Waals surface area contributed by atoms with Gasteiger partial charge in [-0.3, -0.25) is 9.59 Å². The average molecular weight is 198 g/mol. The van der Waals surface area contributed by atoms with Crippen LogP contribution < -0.4 is 5.32 Å². The smallest absolute Gasteiger partial charge is 0.241 e. The minimum Gasteiger partial charge on any atom is -0.347 e. The minimum absolute atomic E-state index is 0.0381. The molecular weight excluding hydrogens is 180 g/mol. The van der Waals surface area contributed by atoms with Crippen molar-refractivity contribution in [2.24, 2.45) is 5.92 Å². The zero-order chi connectivity index (χ0) is 10.6. The molecule has 80 valence electrons. The predicted octanol–water partition coefficient (Wildman–Crippen LogP) is 0.381. The van der Waals surface area contributed by atoms with Crippen LogP contribution in [0.5, 0.6) is 0 Å². The van der Waals surface area contributed by atoms with Gasteiger partial charge in [0.2, 0.25) is 11.8 Å². The van der Waals surface area contributed by atoms with Crippen molar-refractivity contribution in [3.05, 3.63) is 0 Å². The first-order valence-corrected chi connectivity index (χ1v) is 5.18. The molecule has 0 spiro atoms. The van der Waals surface area contributed by atoms with Crippen LogP contribution in [0.25, 0.3) is 0 Å². The largest absolute Gasteiger partial charge is 0.347 e. The van der Waals surface area contributed by atoms with Gasteiger partial charge in [0.25, 0.3) is 0 Å². The van der Waals surface area contributed by atoms with Gasteiger partial charge in [-0.05, 0) is 12.3 Å². The summed E-state index contributed by atoms with van der Waals surface area (Å²) in [5.74, 6) is 0.572. The third-order valence-corrected chi connectivity index (χ3v) is 2.53. The maximum Gasteiger partial charge on any atom is 0.241 e. The normalized spacial score (nSPS) is 21.0. The summed E-state index contributed by atoms with van der Waals surface area (Å²) in [5.41, 5.74) is 0. The Morgan fingerprint density at radius 1 is 1.50 bits per heavy atom. The summed E-state index contributed by atoms with van der Waals surface area (Å²) in [4.78, 5) is 24.3. The molecule has 0 aromatic heterocycles. The Labute approximate surface area is 84.7 Å². The number of carbonyl (C=O) groups is 2. The number of hydrogen-bond acceptors (Lipinski definition) is 2. The molecule has 0 aromatic rings. The second-order valence-electron chi connectivity index (χ2n) is 3.86. The number of rotatable bonds is 3. The van der Waals surface area contributed by atoms with Crippen LogP contribution in [0.4, 0.5) is 0 Å². The molecule has 0 aromatic carbocycles. The molecule has 1 atom stereocenters. The lowest BCUT2D eigenvalue weighted by atomic mass is 10.2. The van der Waals surface area contributed by atoms with E-state index in [1.54, 1.807) is 6.92 Å². The quantitative estimate of drug-likeness (QED) is 0.712. The molecule has 2 amide bonds. The fourth-order valence-electron chi connectivity index (χ4n) is 1.57. The van der Waals surface area contributed by atoms with Gasteiger partial charge in [0.15, 0.2) is 0 Å². The highest BCUT2D eigenvalue weighted by Crippen LogP contribution is 2.14. The van der Waals surface area contributed by atoms with Gasteiger partial charge < -0.3 is 10.2 Å². The van der Waals surface area contributed by atoms with E-state index in [0.29, 0.717) is 12.3 Å². The van der Waals surface area contributed by atoms with Crippen molar-refractivity contribution in [2.75, 3.05) is 19.6 Å². The van der Waals surface area contributed by atoms with Crippen LogP contribution in [0, 0.1) is 5.92 Å². The van der Waals surface area contributed by atoms with Crippen LogP contribution in [0.15, 0.2) is 0 Å². The first-order chi connectivity index (χ1) is 6.63. The number of likely N-dealkylation sites (tertiary alicyclic amines) is 1. The Morgan fingerprint density at radius 3 is 2.71 bits per heavy atom. The van der Waals surface area contributed by atoms with Gasteiger partial charge in [0, 0.05) is 19.5 Å². The van der Waals surface area contributed by atoms with E-state index in [1.165, 1.54) is 0 Å². The molecule has 1 rings (SSSR count). The molecule has 1 heterocycles. The number of amides is 2. The zero-order valence-corrected chi connectivity index (χ0v) is 8.88. The third kappa shape index (κ3) is 3.01. The Morgan fingerprint density at radius 2 is 2.21 bits per heavy atom. The number of nitrogens with zero attached hydrogens (tertiary/aromatic N) is 1. The molecule has 1 saturated heterocycles. The summed E-state index contributed by atoms with van der Waals surface area (Å²) >= 11 is 0. The fraction of sp³-hybridized carbons (Fsp3) is 0.800. The maximum absolute atomic E-state index is 11.5. The van der Waals surface area contributed by atoms with Crippen molar-refractivity contribution < 1.29 is 9.59 Å². The van der Waals surface area contributed by atoms with E-state index in [9.17, 15) is 9.59 Å². The van der Waals surface area contributed by atoms with Crippen LogP contribution in [-0.4, -0.2) is 36.3 Å². The number of hydrogen-bond donors (Lipinski definition) is 1. The molecule has 1 aliphatic heterocycles. The lowest BCUT2D eigenvalue weighted by molar-refractivity contribution is -0.132. The fourth-order valence-corrected chi connectivity index (χ4v) is 1.57. The molecule has 0 aliphatic carbocycles. The van der Waals surface area contributed by atoms with Crippen molar-refractivity contribution in [1.82, 2.24) is 10.2 Å². The summed E-state index contributed by atoms with van der Waals surface area (Å²) in [6.45, 7) is 5.73. The number of nitrogens with one attached hydrogen (secondary N) is 1. The molecule has 1 fully saturated rings. The third-order valence-electron chi connectivity index (χ3n) is 2.53. The molecule has 0 saturated carbocycles. The minimum atomic E-state index is -0.0643. The molecule has 1 aliphatic rings. The molecule has 1 unspecified atom stereocenters. The van der Waals surface area contributed by atoms with Crippen LogP contribution in [0.2, 0.25) is 0 Å². The van der Waals surface area contributed by atoms with E-state index in [1.807, 2.05) is 4.90 Å². The highest BCUT2D eigenvalue weighted by Gasteiger charge is 2.22. The van der Waals surface area contributed by atoms with Gasteiger partial charge >= 0.3 is 0 Å². The second-order valence-corrected chi connectivity index (χ2v) is 3.86. The predicted molar refractivity (Wildman–Crippen MR) is 53.7 cm³/mol. The monoisotopic (exact) mass is 198 g/mol. The highest BCUT2D eigenvalue weighted by molar-refractivity contribution is 5.84. The van der Waals surface area contributed by atoms with Crippen molar-refractivity contribution in [1.29, 1.82) is 0 Å². The Bertz CT molecular complexity index is 228. The summed E-state index contributed by atoms with van der Waals surface area (Å²) in [6, 6.07) is 0. The topological polar surface area (TPSA) is 49.4 Å². The first-order valence-electron chi connectivity index (χ1n) is 5.18. The van der Waals surface area contributed by atoms with E-state index in [4.69, 9.17) is 0 Å². The van der Waals surface area contributed by atoms with E-state index < -0.39 is 0 Å². The van der Waals surface area contributed by atoms with Crippen LogP contribution in [0.3, 0.4) is 0 Å².